The molecule has 204 valence electrons. The molecule has 0 radical (unpaired) electrons. The van der Waals surface area contributed by atoms with Gasteiger partial charge in [-0.2, -0.15) is 0 Å². The second-order valence-electron chi connectivity index (χ2n) is 12.4. The minimum absolute atomic E-state index is 0.0467. The lowest BCUT2D eigenvalue weighted by molar-refractivity contribution is 0.443. The largest absolute Gasteiger partial charge is 0.242 e. The molecular weight excluding hydrogens is 501 g/mol. The third-order valence-electron chi connectivity index (χ3n) is 8.71. The molecule has 0 bridgehead atoms. The Labute approximate surface area is 234 Å². The topological polar surface area (TPSA) is 20.3 Å². The second-order valence-corrected chi connectivity index (χ2v) is 17.5. The summed E-state index contributed by atoms with van der Waals surface area (Å²) in [5, 5.41) is 4.12. The first-order chi connectivity index (χ1) is 18.4. The maximum Gasteiger partial charge on any atom is 0.100 e. The van der Waals surface area contributed by atoms with Crippen molar-refractivity contribution in [1.29, 1.82) is 0 Å². The summed E-state index contributed by atoms with van der Waals surface area (Å²) in [6, 6.07) is 24.7. The number of rotatable bonds is 7. The van der Waals surface area contributed by atoms with Gasteiger partial charge in [-0.3, -0.25) is 0 Å². The van der Waals surface area contributed by atoms with E-state index in [-0.39, 0.29) is 18.7 Å². The summed E-state index contributed by atoms with van der Waals surface area (Å²) in [5.41, 5.74) is 4.33. The predicted molar refractivity (Wildman–Crippen MR) is 168 cm³/mol. The van der Waals surface area contributed by atoms with E-state index < -0.39 is 11.0 Å². The van der Waals surface area contributed by atoms with E-state index in [0.717, 1.165) is 11.3 Å². The first-order valence-electron chi connectivity index (χ1n) is 14.9. The molecule has 0 aliphatic heterocycles. The van der Waals surface area contributed by atoms with Crippen LogP contribution in [0, 0.1) is 0 Å². The van der Waals surface area contributed by atoms with Crippen LogP contribution in [-0.4, -0.2) is 31.6 Å². The summed E-state index contributed by atoms with van der Waals surface area (Å²) in [7, 11) is 0.668. The summed E-state index contributed by atoms with van der Waals surface area (Å²) in [5.74, 6) is 0. The molecule has 2 nitrogen and oxygen atoms in total. The van der Waals surface area contributed by atoms with E-state index in [1.807, 2.05) is 0 Å². The highest BCUT2D eigenvalue weighted by Crippen LogP contribution is 2.56. The van der Waals surface area contributed by atoms with E-state index in [2.05, 4.69) is 98.9 Å². The van der Waals surface area contributed by atoms with E-state index in [4.69, 9.17) is 0 Å². The van der Waals surface area contributed by atoms with Gasteiger partial charge in [-0.1, -0.05) is 113 Å². The summed E-state index contributed by atoms with van der Waals surface area (Å²) >= 11 is 0. The van der Waals surface area contributed by atoms with Crippen LogP contribution in [0.4, 0.5) is 0 Å². The van der Waals surface area contributed by atoms with Crippen LogP contribution in [0.2, 0.25) is 0 Å². The first kappa shape index (κ1) is 28.0. The fraction of sp³-hybridized carbons (Fsp3) is 0.529. The van der Waals surface area contributed by atoms with Crippen LogP contribution in [0.15, 0.2) is 66.7 Å². The predicted octanol–water partition coefficient (Wildman–Crippen LogP) is 9.10. The highest BCUT2D eigenvalue weighted by Gasteiger charge is 2.37. The lowest BCUT2D eigenvalue weighted by Gasteiger charge is -2.41. The molecule has 5 rings (SSSR count). The maximum atomic E-state index is 14.0. The van der Waals surface area contributed by atoms with E-state index in [1.165, 1.54) is 86.1 Å². The van der Waals surface area contributed by atoms with Crippen molar-refractivity contribution in [2.75, 3.05) is 7.05 Å². The Balaban J connectivity index is 1.69. The minimum Gasteiger partial charge on any atom is -0.242 e. The van der Waals surface area contributed by atoms with Crippen LogP contribution in [0.1, 0.15) is 102 Å². The molecular formula is C34H46NOPS. The fourth-order valence-electron chi connectivity index (χ4n) is 6.94. The van der Waals surface area contributed by atoms with Crippen LogP contribution >= 0.6 is 7.92 Å². The normalized spacial score (nSPS) is 19.7. The molecule has 0 aromatic heterocycles. The number of hydrogen-bond donors (Lipinski definition) is 0. The monoisotopic (exact) mass is 547 g/mol. The van der Waals surface area contributed by atoms with Crippen LogP contribution in [-0.2, 0) is 11.0 Å². The maximum absolute atomic E-state index is 14.0. The zero-order valence-corrected chi connectivity index (χ0v) is 25.6. The van der Waals surface area contributed by atoms with Gasteiger partial charge in [0.05, 0.1) is 10.8 Å². The number of nitrogens with zero attached hydrogens (tertiary/aromatic N) is 1. The van der Waals surface area contributed by atoms with Crippen LogP contribution in [0.5, 0.6) is 0 Å². The van der Waals surface area contributed by atoms with Crippen LogP contribution in [0.25, 0.3) is 10.8 Å². The number of hydrogen-bond acceptors (Lipinski definition) is 1. The summed E-state index contributed by atoms with van der Waals surface area (Å²) in [6.07, 6.45) is 13.9. The highest BCUT2D eigenvalue weighted by atomic mass is 32.2. The van der Waals surface area contributed by atoms with Gasteiger partial charge >= 0.3 is 0 Å². The molecule has 0 saturated heterocycles. The van der Waals surface area contributed by atoms with E-state index in [1.54, 1.807) is 5.30 Å². The van der Waals surface area contributed by atoms with Crippen molar-refractivity contribution >= 4 is 35.0 Å². The van der Waals surface area contributed by atoms with Gasteiger partial charge in [0.1, 0.15) is 11.0 Å². The van der Waals surface area contributed by atoms with Crippen molar-refractivity contribution in [1.82, 2.24) is 4.31 Å². The lowest BCUT2D eigenvalue weighted by Crippen LogP contribution is -2.39. The molecule has 2 atom stereocenters. The van der Waals surface area contributed by atoms with Gasteiger partial charge in [0.2, 0.25) is 0 Å². The molecule has 0 amide bonds. The van der Waals surface area contributed by atoms with Crippen LogP contribution < -0.4 is 5.30 Å². The Morgan fingerprint density at radius 3 is 1.89 bits per heavy atom. The van der Waals surface area contributed by atoms with E-state index in [9.17, 15) is 4.21 Å². The number of benzene rings is 3. The van der Waals surface area contributed by atoms with Gasteiger partial charge in [-0.15, -0.1) is 0 Å². The molecule has 0 N–H and O–H groups in total. The summed E-state index contributed by atoms with van der Waals surface area (Å²) in [4.78, 5) is 0. The molecule has 2 saturated carbocycles. The smallest absolute Gasteiger partial charge is 0.100 e. The Morgan fingerprint density at radius 2 is 1.26 bits per heavy atom. The zero-order valence-electron chi connectivity index (χ0n) is 23.9. The van der Waals surface area contributed by atoms with Crippen molar-refractivity contribution in [3.8, 4) is 0 Å². The third kappa shape index (κ3) is 5.96. The van der Waals surface area contributed by atoms with Gasteiger partial charge < -0.3 is 0 Å². The lowest BCUT2D eigenvalue weighted by atomic mass is 9.93. The highest BCUT2D eigenvalue weighted by molar-refractivity contribution is 7.84. The van der Waals surface area contributed by atoms with Gasteiger partial charge in [-0.05, 0) is 85.0 Å². The number of fused-ring (bicyclic) bond motifs is 1. The van der Waals surface area contributed by atoms with Gasteiger partial charge in [0.25, 0.3) is 0 Å². The Hall–Kier alpha value is -1.54. The van der Waals surface area contributed by atoms with Crippen molar-refractivity contribution in [3.63, 3.8) is 0 Å². The van der Waals surface area contributed by atoms with Crippen molar-refractivity contribution in [3.05, 3.63) is 77.9 Å². The summed E-state index contributed by atoms with van der Waals surface area (Å²) in [6.45, 7) is 6.30. The van der Waals surface area contributed by atoms with Gasteiger partial charge in [0.15, 0.2) is 0 Å². The fourth-order valence-corrected chi connectivity index (χ4v) is 12.2. The molecule has 0 spiro atoms. The Kier molecular flexibility index (Phi) is 9.08. The van der Waals surface area contributed by atoms with Crippen LogP contribution in [0.3, 0.4) is 0 Å². The quantitative estimate of drug-likeness (QED) is 0.270. The van der Waals surface area contributed by atoms with Crippen molar-refractivity contribution in [2.24, 2.45) is 0 Å². The minimum atomic E-state index is -1.15. The first-order valence-corrected chi connectivity index (χ1v) is 17.4. The second kappa shape index (κ2) is 12.3. The molecule has 3 aromatic carbocycles. The average molecular weight is 548 g/mol. The molecule has 3 aromatic rings. The summed E-state index contributed by atoms with van der Waals surface area (Å²) < 4.78 is 15.9. The molecule has 2 fully saturated rings. The van der Waals surface area contributed by atoms with Gasteiger partial charge in [-0.25, -0.2) is 8.51 Å². The van der Waals surface area contributed by atoms with Crippen molar-refractivity contribution in [2.45, 2.75) is 107 Å². The average Bonchev–Trinajstić information content (AvgIpc) is 2.94. The van der Waals surface area contributed by atoms with Crippen molar-refractivity contribution < 1.29 is 4.21 Å². The van der Waals surface area contributed by atoms with Gasteiger partial charge in [0, 0.05) is 7.05 Å². The molecule has 4 heteroatoms. The molecule has 0 heterocycles. The third-order valence-corrected chi connectivity index (χ3v) is 14.1. The molecule has 0 unspecified atom stereocenters. The van der Waals surface area contributed by atoms with E-state index >= 15 is 0 Å². The SMILES string of the molecule is CN([C@@H](c1ccccc1P(C1CCCCC1)C1CCCCC1)c1cccc2ccccc12)[S@](=O)C(C)(C)C. The Morgan fingerprint density at radius 1 is 0.737 bits per heavy atom. The standard InChI is InChI=1S/C34H46NOPS/c1-34(2,3)38(36)35(4)33(30-24-15-17-26-16-11-12-22-29(26)30)31-23-13-14-25-32(31)37(27-18-7-5-8-19-27)28-20-9-6-10-21-28/h11-17,22-25,27-28,33H,5-10,18-21H2,1-4H3/t33-,38-/m1/s1. The zero-order chi connectivity index (χ0) is 26.7. The molecule has 2 aliphatic rings. The molecule has 2 aliphatic carbocycles. The molecule has 38 heavy (non-hydrogen) atoms. The van der Waals surface area contributed by atoms with E-state index in [0.29, 0.717) is 0 Å². The Bertz CT molecular complexity index is 1220.